The Labute approximate surface area is 193 Å². The maximum absolute atomic E-state index is 12.4. The van der Waals surface area contributed by atoms with Gasteiger partial charge in [0.1, 0.15) is 5.75 Å². The van der Waals surface area contributed by atoms with Gasteiger partial charge in [-0.05, 0) is 80.8 Å². The van der Waals surface area contributed by atoms with Gasteiger partial charge in [0.2, 0.25) is 0 Å². The van der Waals surface area contributed by atoms with Crippen molar-refractivity contribution in [2.75, 3.05) is 13.2 Å². The van der Waals surface area contributed by atoms with E-state index in [0.29, 0.717) is 24.2 Å². The number of rotatable bonds is 10. The van der Waals surface area contributed by atoms with Crippen LogP contribution in [0.25, 0.3) is 0 Å². The van der Waals surface area contributed by atoms with Crippen LogP contribution >= 0.6 is 0 Å². The van der Waals surface area contributed by atoms with Crippen molar-refractivity contribution in [2.45, 2.75) is 77.4 Å². The van der Waals surface area contributed by atoms with Gasteiger partial charge in [-0.1, -0.05) is 43.5 Å². The van der Waals surface area contributed by atoms with Crippen molar-refractivity contribution in [1.82, 2.24) is 10.2 Å². The molecule has 172 valence electrons. The van der Waals surface area contributed by atoms with Crippen LogP contribution in [0, 0.1) is 5.92 Å². The fraction of sp³-hybridized carbons (Fsp3) is 0.536. The third-order valence-corrected chi connectivity index (χ3v) is 7.07. The fourth-order valence-electron chi connectivity index (χ4n) is 4.68. The van der Waals surface area contributed by atoms with Crippen LogP contribution in [0.4, 0.5) is 0 Å². The Morgan fingerprint density at radius 3 is 2.25 bits per heavy atom. The van der Waals surface area contributed by atoms with Crippen molar-refractivity contribution < 1.29 is 9.53 Å². The topological polar surface area (TPSA) is 41.6 Å². The molecule has 4 rings (SSSR count). The van der Waals surface area contributed by atoms with E-state index in [1.54, 1.807) is 0 Å². The van der Waals surface area contributed by atoms with Crippen LogP contribution in [0.2, 0.25) is 0 Å². The molecule has 2 fully saturated rings. The largest absolute Gasteiger partial charge is 0.494 e. The zero-order valence-corrected chi connectivity index (χ0v) is 19.7. The molecular weight excluding hydrogens is 396 g/mol. The Morgan fingerprint density at radius 1 is 0.938 bits per heavy atom. The van der Waals surface area contributed by atoms with Crippen LogP contribution < -0.4 is 10.1 Å². The molecule has 1 saturated carbocycles. The quantitative estimate of drug-likeness (QED) is 0.529. The number of piperidine rings is 1. The minimum absolute atomic E-state index is 0.0285. The lowest BCUT2D eigenvalue weighted by Gasteiger charge is -2.39. The molecule has 0 aromatic heterocycles. The summed E-state index contributed by atoms with van der Waals surface area (Å²) in [6, 6.07) is 17.7. The molecule has 1 N–H and O–H groups in total. The molecule has 1 amide bonds. The predicted octanol–water partition coefficient (Wildman–Crippen LogP) is 5.60. The summed E-state index contributed by atoms with van der Waals surface area (Å²) in [7, 11) is 0. The van der Waals surface area contributed by atoms with Crippen LogP contribution in [-0.2, 0) is 13.0 Å². The molecule has 2 unspecified atom stereocenters. The number of hydrogen-bond donors (Lipinski definition) is 1. The molecule has 1 aliphatic carbocycles. The van der Waals surface area contributed by atoms with Gasteiger partial charge in [0.25, 0.3) is 5.91 Å². The second-order valence-electron chi connectivity index (χ2n) is 9.73. The van der Waals surface area contributed by atoms with E-state index in [-0.39, 0.29) is 5.91 Å². The fourth-order valence-corrected chi connectivity index (χ4v) is 4.68. The Bertz CT molecular complexity index is 848. The zero-order chi connectivity index (χ0) is 22.3. The predicted molar refractivity (Wildman–Crippen MR) is 130 cm³/mol. The maximum atomic E-state index is 12.4. The summed E-state index contributed by atoms with van der Waals surface area (Å²) >= 11 is 0. The van der Waals surface area contributed by atoms with E-state index in [9.17, 15) is 4.79 Å². The van der Waals surface area contributed by atoms with E-state index in [4.69, 9.17) is 4.74 Å². The Hall–Kier alpha value is -2.33. The molecule has 1 saturated heterocycles. The molecule has 32 heavy (non-hydrogen) atoms. The molecule has 2 atom stereocenters. The lowest BCUT2D eigenvalue weighted by molar-refractivity contribution is 0.0952. The molecule has 2 aliphatic rings. The van der Waals surface area contributed by atoms with E-state index in [2.05, 4.69) is 48.3 Å². The molecule has 4 heteroatoms. The number of ether oxygens (including phenoxy) is 1. The highest BCUT2D eigenvalue weighted by molar-refractivity contribution is 5.94. The van der Waals surface area contributed by atoms with Crippen LogP contribution in [0.15, 0.2) is 48.5 Å². The van der Waals surface area contributed by atoms with Gasteiger partial charge in [-0.3, -0.25) is 9.69 Å². The van der Waals surface area contributed by atoms with E-state index < -0.39 is 0 Å². The molecule has 0 bridgehead atoms. The minimum atomic E-state index is -0.0285. The Morgan fingerprint density at radius 2 is 1.59 bits per heavy atom. The molecule has 2 aromatic carbocycles. The molecule has 1 aliphatic heterocycles. The molecule has 1 heterocycles. The van der Waals surface area contributed by atoms with Crippen LogP contribution in [0.3, 0.4) is 0 Å². The molecular formula is C28H38N2O2. The Kier molecular flexibility index (Phi) is 7.85. The smallest absolute Gasteiger partial charge is 0.251 e. The maximum Gasteiger partial charge on any atom is 0.251 e. The highest BCUT2D eigenvalue weighted by atomic mass is 16.5. The van der Waals surface area contributed by atoms with Gasteiger partial charge in [-0.2, -0.15) is 0 Å². The van der Waals surface area contributed by atoms with Gasteiger partial charge in [-0.25, -0.2) is 0 Å². The van der Waals surface area contributed by atoms with Gasteiger partial charge in [-0.15, -0.1) is 0 Å². The second-order valence-corrected chi connectivity index (χ2v) is 9.73. The highest BCUT2D eigenvalue weighted by Crippen LogP contribution is 2.32. The first-order valence-corrected chi connectivity index (χ1v) is 12.4. The van der Waals surface area contributed by atoms with Crippen LogP contribution in [0.1, 0.15) is 73.9 Å². The van der Waals surface area contributed by atoms with Crippen LogP contribution in [-0.4, -0.2) is 36.0 Å². The van der Waals surface area contributed by atoms with Crippen molar-refractivity contribution >= 4 is 5.91 Å². The van der Waals surface area contributed by atoms with Gasteiger partial charge < -0.3 is 10.1 Å². The number of carbonyl (C=O) groups excluding carboxylic acids is 1. The van der Waals surface area contributed by atoms with Crippen molar-refractivity contribution in [3.05, 3.63) is 65.2 Å². The number of amides is 1. The van der Waals surface area contributed by atoms with Crippen molar-refractivity contribution in [3.8, 4) is 5.75 Å². The van der Waals surface area contributed by atoms with Gasteiger partial charge in [0.15, 0.2) is 0 Å². The summed E-state index contributed by atoms with van der Waals surface area (Å²) in [6.07, 6.45) is 8.64. The number of likely N-dealkylation sites (tertiary alicyclic amines) is 1. The van der Waals surface area contributed by atoms with Gasteiger partial charge >= 0.3 is 0 Å². The van der Waals surface area contributed by atoms with Gasteiger partial charge in [0, 0.05) is 30.7 Å². The summed E-state index contributed by atoms with van der Waals surface area (Å²) in [5.74, 6) is 1.69. The average Bonchev–Trinajstić information content (AvgIpc) is 3.62. The lowest BCUT2D eigenvalue weighted by atomic mass is 9.96. The first-order valence-electron chi connectivity index (χ1n) is 12.4. The van der Waals surface area contributed by atoms with Crippen molar-refractivity contribution in [3.63, 3.8) is 0 Å². The van der Waals surface area contributed by atoms with E-state index in [0.717, 1.165) is 37.7 Å². The highest BCUT2D eigenvalue weighted by Gasteiger charge is 2.24. The van der Waals surface area contributed by atoms with E-state index in [1.165, 1.54) is 43.2 Å². The summed E-state index contributed by atoms with van der Waals surface area (Å²) in [4.78, 5) is 15.1. The number of benzene rings is 2. The van der Waals surface area contributed by atoms with E-state index >= 15 is 0 Å². The standard InChI is InChI=1S/C28H38N2O2/c1-21-4-3-5-22(2)30(21)20-25-10-8-23(9-11-25)16-18-29-28(31)26-12-14-27(15-13-26)32-19-17-24-6-7-24/h8-15,21-22,24H,3-7,16-20H2,1-2H3,(H,29,31). The summed E-state index contributed by atoms with van der Waals surface area (Å²) in [5, 5.41) is 3.04. The molecule has 2 aromatic rings. The lowest BCUT2D eigenvalue weighted by Crippen LogP contribution is -2.42. The first kappa shape index (κ1) is 22.8. The SMILES string of the molecule is CC1CCCC(C)N1Cc1ccc(CCNC(=O)c2ccc(OCCC3CC3)cc2)cc1. The number of nitrogens with one attached hydrogen (secondary N) is 1. The second kappa shape index (κ2) is 11.0. The minimum Gasteiger partial charge on any atom is -0.494 e. The van der Waals surface area contributed by atoms with Crippen molar-refractivity contribution in [2.24, 2.45) is 5.92 Å². The number of nitrogens with zero attached hydrogens (tertiary/aromatic N) is 1. The third kappa shape index (κ3) is 6.59. The molecule has 0 radical (unpaired) electrons. The summed E-state index contributed by atoms with van der Waals surface area (Å²) < 4.78 is 5.76. The third-order valence-electron chi connectivity index (χ3n) is 7.07. The molecule has 4 nitrogen and oxygen atoms in total. The van der Waals surface area contributed by atoms with Gasteiger partial charge in [0.05, 0.1) is 6.61 Å². The average molecular weight is 435 g/mol. The normalized spacial score (nSPS) is 21.3. The zero-order valence-electron chi connectivity index (χ0n) is 19.7. The molecule has 0 spiro atoms. The first-order chi connectivity index (χ1) is 15.6. The number of carbonyl (C=O) groups is 1. The summed E-state index contributed by atoms with van der Waals surface area (Å²) in [6.45, 7) is 7.13. The van der Waals surface area contributed by atoms with Crippen molar-refractivity contribution in [1.29, 1.82) is 0 Å². The monoisotopic (exact) mass is 434 g/mol. The summed E-state index contributed by atoms with van der Waals surface area (Å²) in [5.41, 5.74) is 3.31. The van der Waals surface area contributed by atoms with E-state index in [1.807, 2.05) is 24.3 Å². The number of hydrogen-bond acceptors (Lipinski definition) is 3. The van der Waals surface area contributed by atoms with Crippen LogP contribution in [0.5, 0.6) is 5.75 Å². The Balaban J connectivity index is 1.18.